The van der Waals surface area contributed by atoms with Crippen molar-refractivity contribution in [3.63, 3.8) is 0 Å². The summed E-state index contributed by atoms with van der Waals surface area (Å²) in [7, 11) is 5.82. The summed E-state index contributed by atoms with van der Waals surface area (Å²) < 4.78 is 4.54. The summed E-state index contributed by atoms with van der Waals surface area (Å²) in [6.45, 7) is 37.5. The smallest absolute Gasteiger partial charge is 0.0587 e. The lowest BCUT2D eigenvalue weighted by Crippen LogP contribution is -2.29. The third-order valence-electron chi connectivity index (χ3n) is 5.07. The van der Waals surface area contributed by atoms with Crippen LogP contribution in [-0.4, -0.2) is 70.5 Å². The molecule has 0 aliphatic carbocycles. The van der Waals surface area contributed by atoms with Gasteiger partial charge in [-0.05, 0) is 50.6 Å². The van der Waals surface area contributed by atoms with Gasteiger partial charge in [0.05, 0.1) is 12.6 Å². The van der Waals surface area contributed by atoms with Gasteiger partial charge in [0.25, 0.3) is 0 Å². The van der Waals surface area contributed by atoms with Crippen LogP contribution in [0.25, 0.3) is 0 Å². The van der Waals surface area contributed by atoms with Gasteiger partial charge in [-0.2, -0.15) is 5.26 Å². The summed E-state index contributed by atoms with van der Waals surface area (Å²) in [5, 5.41) is 10.7. The Labute approximate surface area is 250 Å². The van der Waals surface area contributed by atoms with Crippen LogP contribution in [-0.2, 0) is 11.2 Å². The van der Waals surface area contributed by atoms with Gasteiger partial charge in [0.15, 0.2) is 0 Å². The number of methoxy groups -OCH3 is 1. The number of benzene rings is 1. The fourth-order valence-corrected chi connectivity index (χ4v) is 2.67. The topological polar surface area (TPSA) is 63.9 Å². The minimum atomic E-state index is 0.762. The van der Waals surface area contributed by atoms with E-state index in [1.54, 1.807) is 13.2 Å². The van der Waals surface area contributed by atoms with Gasteiger partial charge >= 0.3 is 0 Å². The van der Waals surface area contributed by atoms with E-state index in [0.717, 1.165) is 63.3 Å². The van der Waals surface area contributed by atoms with Crippen LogP contribution in [0.5, 0.6) is 0 Å². The monoisotopic (exact) mass is 560 g/mol. The van der Waals surface area contributed by atoms with E-state index < -0.39 is 0 Å². The van der Waals surface area contributed by atoms with Crippen molar-refractivity contribution in [3.8, 4) is 6.07 Å². The SMILES string of the molecule is C=C(C)C(=C)N(C)CCN(C)C(=C)CCC.C=NCCNc1ccccc1CC.CC.CC.CC#N.CCOC. The molecule has 232 valence electrons. The van der Waals surface area contributed by atoms with Gasteiger partial charge in [-0.3, -0.25) is 4.99 Å². The normalized spacial score (nSPS) is 8.28. The lowest BCUT2D eigenvalue weighted by atomic mass is 10.1. The molecule has 0 fully saturated rings. The van der Waals surface area contributed by atoms with Crippen LogP contribution in [0.3, 0.4) is 0 Å². The number of hydrogen-bond acceptors (Lipinski definition) is 6. The number of ether oxygens (including phenoxy) is 1. The molecule has 1 rings (SSSR count). The maximum atomic E-state index is 7.32. The van der Waals surface area contributed by atoms with Crippen LogP contribution >= 0.6 is 0 Å². The summed E-state index contributed by atoms with van der Waals surface area (Å²) >= 11 is 0. The van der Waals surface area contributed by atoms with Gasteiger partial charge in [-0.25, -0.2) is 0 Å². The molecule has 0 radical (unpaired) electrons. The molecule has 0 aliphatic heterocycles. The van der Waals surface area contributed by atoms with Crippen molar-refractivity contribution in [2.24, 2.45) is 4.99 Å². The third-order valence-corrected chi connectivity index (χ3v) is 5.07. The zero-order chi connectivity index (χ0) is 32.4. The van der Waals surface area contributed by atoms with E-state index in [-0.39, 0.29) is 0 Å². The molecule has 0 unspecified atom stereocenters. The van der Waals surface area contributed by atoms with Gasteiger partial charge in [0.1, 0.15) is 0 Å². The lowest BCUT2D eigenvalue weighted by molar-refractivity contribution is 0.215. The molecule has 40 heavy (non-hydrogen) atoms. The first-order valence-corrected chi connectivity index (χ1v) is 14.6. The molecule has 0 bridgehead atoms. The van der Waals surface area contributed by atoms with Crippen LogP contribution in [0.1, 0.15) is 80.7 Å². The zero-order valence-electron chi connectivity index (χ0n) is 28.5. The Balaban J connectivity index is -0.000000151. The summed E-state index contributed by atoms with van der Waals surface area (Å²) in [5.74, 6) is 0. The number of para-hydroxylation sites is 1. The number of nitrogens with one attached hydrogen (secondary N) is 1. The first-order valence-electron chi connectivity index (χ1n) is 14.6. The Morgan fingerprint density at radius 1 is 1.00 bits per heavy atom. The number of aliphatic imine (C=N–C) groups is 1. The number of nitriles is 1. The highest BCUT2D eigenvalue weighted by atomic mass is 16.5. The standard InChI is InChI=1S/C14H26N2.C11H16N2.C3H8O.C2H3N.2C2H6/c1-8-9-13(4)15(6)10-11-16(7)14(5)12(2)3;1-3-10-6-4-5-7-11(10)13-9-8-12-2;1-3-4-2;1-2-3;2*1-2/h2,4-5,8-11H2,1,3,6-7H3;4-7,13H,2-3,8-9H2,1H3;3H2,1-2H3;1H3;2*1-2H3. The Bertz CT molecular complexity index is 766. The number of anilines is 1. The molecule has 0 aromatic heterocycles. The second-order valence-corrected chi connectivity index (χ2v) is 8.07. The van der Waals surface area contributed by atoms with Crippen molar-refractivity contribution in [1.82, 2.24) is 9.80 Å². The highest BCUT2D eigenvalue weighted by Crippen LogP contribution is 2.14. The Morgan fingerprint density at radius 2 is 1.48 bits per heavy atom. The molecular formula is C34H65N5O. The summed E-state index contributed by atoms with van der Waals surface area (Å²) in [4.78, 5) is 8.14. The summed E-state index contributed by atoms with van der Waals surface area (Å²) in [5.41, 5.74) is 5.81. The van der Waals surface area contributed by atoms with E-state index in [1.807, 2.05) is 54.7 Å². The zero-order valence-corrected chi connectivity index (χ0v) is 28.5. The maximum Gasteiger partial charge on any atom is 0.0587 e. The molecule has 0 aliphatic rings. The molecule has 1 aromatic rings. The fourth-order valence-electron chi connectivity index (χ4n) is 2.67. The van der Waals surface area contributed by atoms with Crippen LogP contribution in [0, 0.1) is 11.3 Å². The van der Waals surface area contributed by atoms with Crippen molar-refractivity contribution in [3.05, 3.63) is 66.5 Å². The predicted octanol–water partition coefficient (Wildman–Crippen LogP) is 8.85. The van der Waals surface area contributed by atoms with E-state index in [0.29, 0.717) is 0 Å². The van der Waals surface area contributed by atoms with Crippen LogP contribution < -0.4 is 5.32 Å². The molecule has 0 saturated carbocycles. The summed E-state index contributed by atoms with van der Waals surface area (Å²) in [6, 6.07) is 10.1. The first-order chi connectivity index (χ1) is 19.1. The predicted molar refractivity (Wildman–Crippen MR) is 184 cm³/mol. The maximum absolute atomic E-state index is 7.32. The highest BCUT2D eigenvalue weighted by molar-refractivity contribution is 5.51. The number of allylic oxidation sites excluding steroid dienone is 2. The third kappa shape index (κ3) is 31.2. The molecule has 0 amide bonds. The Hall–Kier alpha value is -3.04. The van der Waals surface area contributed by atoms with Crippen LogP contribution in [0.2, 0.25) is 0 Å². The van der Waals surface area contributed by atoms with Crippen molar-refractivity contribution in [1.29, 1.82) is 5.26 Å². The van der Waals surface area contributed by atoms with Crippen molar-refractivity contribution in [2.45, 2.75) is 81.6 Å². The molecule has 0 heterocycles. The Morgan fingerprint density at radius 3 is 1.88 bits per heavy atom. The molecule has 0 atom stereocenters. The minimum absolute atomic E-state index is 0.762. The quantitative estimate of drug-likeness (QED) is 0.140. The van der Waals surface area contributed by atoms with Gasteiger partial charge in [-0.15, -0.1) is 0 Å². The van der Waals surface area contributed by atoms with Crippen LogP contribution in [0.4, 0.5) is 5.69 Å². The van der Waals surface area contributed by atoms with E-state index in [4.69, 9.17) is 5.26 Å². The van der Waals surface area contributed by atoms with Crippen molar-refractivity contribution in [2.75, 3.05) is 59.3 Å². The molecule has 1 aromatic carbocycles. The molecule has 6 heteroatoms. The van der Waals surface area contributed by atoms with Crippen molar-refractivity contribution < 1.29 is 4.74 Å². The van der Waals surface area contributed by atoms with Gasteiger partial charge < -0.3 is 19.9 Å². The number of rotatable bonds is 14. The molecule has 1 N–H and O–H groups in total. The lowest BCUT2D eigenvalue weighted by Gasteiger charge is -2.27. The van der Waals surface area contributed by atoms with E-state index in [9.17, 15) is 0 Å². The van der Waals surface area contributed by atoms with E-state index in [2.05, 4.69) is 90.4 Å². The minimum Gasteiger partial charge on any atom is -0.385 e. The number of aryl methyl sites for hydroxylation is 1. The van der Waals surface area contributed by atoms with E-state index in [1.165, 1.54) is 23.9 Å². The number of nitrogens with zero attached hydrogens (tertiary/aromatic N) is 4. The largest absolute Gasteiger partial charge is 0.385 e. The van der Waals surface area contributed by atoms with Gasteiger partial charge in [-0.1, -0.05) is 85.9 Å². The second kappa shape index (κ2) is 38.1. The molecule has 6 nitrogen and oxygen atoms in total. The molecule has 0 saturated heterocycles. The summed E-state index contributed by atoms with van der Waals surface area (Å²) in [6.07, 6.45) is 3.28. The fraction of sp³-hybridized carbons (Fsp3) is 0.588. The number of hydrogen-bond donors (Lipinski definition) is 1. The molecule has 0 spiro atoms. The van der Waals surface area contributed by atoms with E-state index >= 15 is 0 Å². The first kappa shape index (κ1) is 46.8. The van der Waals surface area contributed by atoms with Gasteiger partial charge in [0, 0.05) is 71.5 Å². The van der Waals surface area contributed by atoms with Gasteiger partial charge in [0.2, 0.25) is 0 Å². The average Bonchev–Trinajstić information content (AvgIpc) is 2.98. The highest BCUT2D eigenvalue weighted by Gasteiger charge is 2.05. The van der Waals surface area contributed by atoms with Crippen LogP contribution in [0.15, 0.2) is 66.0 Å². The van der Waals surface area contributed by atoms with Crippen molar-refractivity contribution >= 4 is 12.4 Å². The Kier molecular flexibility index (Phi) is 44.6. The number of likely N-dealkylation sites (N-methyl/N-ethyl adjacent to an activating group) is 2. The second-order valence-electron chi connectivity index (χ2n) is 8.07. The average molecular weight is 560 g/mol. The molecular weight excluding hydrogens is 494 g/mol.